The Morgan fingerprint density at radius 1 is 0.950 bits per heavy atom. The molecule has 224 valence electrons. The molecule has 0 bridgehead atoms. The molecule has 1 aromatic heterocycles. The van der Waals surface area contributed by atoms with E-state index in [9.17, 15) is 27.9 Å². The van der Waals surface area contributed by atoms with Gasteiger partial charge in [-0.3, -0.25) is 14.6 Å². The van der Waals surface area contributed by atoms with Crippen molar-refractivity contribution in [2.24, 2.45) is 5.92 Å². The van der Waals surface area contributed by atoms with Gasteiger partial charge in [-0.05, 0) is 38.0 Å². The van der Waals surface area contributed by atoms with Crippen molar-refractivity contribution in [2.45, 2.75) is 133 Å². The molecular formula is C30H46N2O7S. The second-order valence-electron chi connectivity index (χ2n) is 11.7. The molecule has 1 aromatic rings. The number of carbonyl (C=O) groups excluding carboxylic acids is 2. The zero-order chi connectivity index (χ0) is 29.3. The lowest BCUT2D eigenvalue weighted by atomic mass is 9.85. The minimum absolute atomic E-state index is 0.171. The number of carboxylic acid groups (broad SMARTS) is 1. The molecule has 0 aliphatic carbocycles. The molecule has 1 N–H and O–H groups in total. The lowest BCUT2D eigenvalue weighted by Crippen LogP contribution is -2.65. The Kier molecular flexibility index (Phi) is 11.5. The topological polar surface area (TPSA) is 131 Å². The third-order valence-corrected chi connectivity index (χ3v) is 11.3. The third kappa shape index (κ3) is 7.04. The van der Waals surface area contributed by atoms with Gasteiger partial charge in [0.05, 0.1) is 4.75 Å². The minimum Gasteiger partial charge on any atom is -0.480 e. The van der Waals surface area contributed by atoms with Crippen molar-refractivity contribution < 1.29 is 32.6 Å². The zero-order valence-electron chi connectivity index (χ0n) is 24.2. The van der Waals surface area contributed by atoms with Crippen LogP contribution in [0.25, 0.3) is 0 Å². The van der Waals surface area contributed by atoms with Crippen molar-refractivity contribution in [1.82, 2.24) is 9.88 Å². The number of aromatic nitrogens is 1. The molecular weight excluding hydrogens is 532 g/mol. The van der Waals surface area contributed by atoms with Crippen LogP contribution >= 0.6 is 0 Å². The Morgan fingerprint density at radius 2 is 1.45 bits per heavy atom. The second kappa shape index (κ2) is 14.4. The van der Waals surface area contributed by atoms with E-state index in [-0.39, 0.29) is 6.42 Å². The molecule has 1 amide bonds. The third-order valence-electron chi connectivity index (χ3n) is 8.45. The van der Waals surface area contributed by atoms with Crippen LogP contribution in [-0.4, -0.2) is 57.4 Å². The maximum absolute atomic E-state index is 13.4. The Bertz CT molecular complexity index is 1110. The van der Waals surface area contributed by atoms with E-state index in [2.05, 4.69) is 11.9 Å². The molecule has 4 atom stereocenters. The highest BCUT2D eigenvalue weighted by Crippen LogP contribution is 2.52. The van der Waals surface area contributed by atoms with Crippen molar-refractivity contribution in [3.05, 3.63) is 30.1 Å². The summed E-state index contributed by atoms with van der Waals surface area (Å²) in [5.41, 5.74) is 0.457. The fraction of sp³-hybridized carbons (Fsp3) is 0.733. The molecule has 3 heterocycles. The van der Waals surface area contributed by atoms with E-state index >= 15 is 0 Å². The average Bonchev–Trinajstić information content (AvgIpc) is 3.06. The quantitative estimate of drug-likeness (QED) is 0.135. The summed E-state index contributed by atoms with van der Waals surface area (Å²) in [6, 6.07) is 1.67. The average molecular weight is 579 g/mol. The lowest BCUT2D eigenvalue weighted by Gasteiger charge is -2.45. The summed E-state index contributed by atoms with van der Waals surface area (Å²) in [5, 5.41) is 8.34. The number of aliphatic carboxylic acids is 1. The summed E-state index contributed by atoms with van der Waals surface area (Å²) in [6.45, 7) is 4.88. The molecule has 0 saturated carbocycles. The number of hydrogen-bond acceptors (Lipinski definition) is 7. The van der Waals surface area contributed by atoms with Crippen molar-refractivity contribution in [3.8, 4) is 0 Å². The summed E-state index contributed by atoms with van der Waals surface area (Å²) >= 11 is 0. The summed E-state index contributed by atoms with van der Waals surface area (Å²) in [5.74, 6) is -3.71. The molecule has 0 spiro atoms. The fourth-order valence-corrected chi connectivity index (χ4v) is 8.33. The van der Waals surface area contributed by atoms with Gasteiger partial charge < -0.3 is 14.7 Å². The van der Waals surface area contributed by atoms with Crippen LogP contribution in [0.5, 0.6) is 0 Å². The van der Waals surface area contributed by atoms with Crippen molar-refractivity contribution in [3.63, 3.8) is 0 Å². The van der Waals surface area contributed by atoms with E-state index < -0.39 is 55.9 Å². The van der Waals surface area contributed by atoms with Gasteiger partial charge >= 0.3 is 11.9 Å². The molecule has 10 heteroatoms. The van der Waals surface area contributed by atoms with Gasteiger partial charge in [0.25, 0.3) is 0 Å². The minimum atomic E-state index is -4.05. The molecule has 2 saturated heterocycles. The van der Waals surface area contributed by atoms with Gasteiger partial charge in [-0.2, -0.15) is 0 Å². The van der Waals surface area contributed by atoms with E-state index in [1.54, 1.807) is 12.1 Å². The number of pyridine rings is 1. The predicted molar refractivity (Wildman–Crippen MR) is 152 cm³/mol. The highest BCUT2D eigenvalue weighted by Gasteiger charge is 2.73. The molecule has 3 rings (SSSR count). The smallest absolute Gasteiger partial charge is 0.328 e. The molecule has 40 heavy (non-hydrogen) atoms. The summed E-state index contributed by atoms with van der Waals surface area (Å²) in [7, 11) is -4.05. The molecule has 2 aliphatic heterocycles. The van der Waals surface area contributed by atoms with E-state index in [4.69, 9.17) is 4.74 Å². The molecule has 0 aromatic carbocycles. The Balaban J connectivity index is 1.50. The number of rotatable bonds is 18. The number of hydrogen-bond donors (Lipinski definition) is 1. The van der Waals surface area contributed by atoms with Gasteiger partial charge in [0, 0.05) is 18.8 Å². The summed E-state index contributed by atoms with van der Waals surface area (Å²) < 4.78 is 30.8. The largest absolute Gasteiger partial charge is 0.480 e. The zero-order valence-corrected chi connectivity index (χ0v) is 25.0. The number of ether oxygens (including phenoxy) is 1. The molecule has 0 radical (unpaired) electrons. The van der Waals surface area contributed by atoms with Crippen molar-refractivity contribution in [2.75, 3.05) is 0 Å². The Morgan fingerprint density at radius 3 is 1.95 bits per heavy atom. The first kappa shape index (κ1) is 32.0. The number of carbonyl (C=O) groups is 3. The van der Waals surface area contributed by atoms with Gasteiger partial charge in [0.2, 0.25) is 5.91 Å². The van der Waals surface area contributed by atoms with Crippen molar-refractivity contribution in [1.29, 1.82) is 0 Å². The highest BCUT2D eigenvalue weighted by molar-refractivity contribution is 7.93. The Labute approximate surface area is 239 Å². The van der Waals surface area contributed by atoms with Crippen LogP contribution in [0.1, 0.15) is 122 Å². The van der Waals surface area contributed by atoms with Gasteiger partial charge in [-0.15, -0.1) is 0 Å². The van der Waals surface area contributed by atoms with Crippen LogP contribution in [0.2, 0.25) is 0 Å². The number of amides is 1. The van der Waals surface area contributed by atoms with E-state index in [0.29, 0.717) is 12.0 Å². The van der Waals surface area contributed by atoms with Crippen LogP contribution in [-0.2, 0) is 29.0 Å². The summed E-state index contributed by atoms with van der Waals surface area (Å²) in [6.07, 6.45) is 17.4. The molecule has 9 nitrogen and oxygen atoms in total. The number of esters is 1. The second-order valence-corrected chi connectivity index (χ2v) is 14.4. The van der Waals surface area contributed by atoms with E-state index in [0.717, 1.165) is 24.2 Å². The number of sulfone groups is 1. The van der Waals surface area contributed by atoms with Gasteiger partial charge in [0.15, 0.2) is 15.2 Å². The van der Waals surface area contributed by atoms with Gasteiger partial charge in [-0.1, -0.05) is 84.0 Å². The fourth-order valence-electron chi connectivity index (χ4n) is 6.01. The van der Waals surface area contributed by atoms with Crippen molar-refractivity contribution >= 4 is 27.7 Å². The van der Waals surface area contributed by atoms with E-state index in [1.807, 2.05) is 0 Å². The number of nitrogens with zero attached hydrogens (tertiary/aromatic N) is 2. The Hall–Kier alpha value is -2.49. The first-order chi connectivity index (χ1) is 19.1. The maximum atomic E-state index is 13.4. The number of β-lactam (4-membered cyclic amide) rings is 1. The first-order valence-corrected chi connectivity index (χ1v) is 16.5. The number of fused-ring (bicyclic) bond motifs is 1. The monoisotopic (exact) mass is 578 g/mol. The molecule has 0 unspecified atom stereocenters. The summed E-state index contributed by atoms with van der Waals surface area (Å²) in [4.78, 5) is 42.8. The maximum Gasteiger partial charge on any atom is 0.328 e. The standard InChI is InChI=1S/C30H46N2O7S/c1-4-5-6-7-8-9-10-11-12-13-14-15-16-17-23(33)39-25(22-18-20-31-21-19-22)24-27(34)32-26(29(35)36)30(2,3)40(37,38)28(24)32/h18-21,24-26,28H,4-17H2,1-3H3,(H,35,36)/t24-,25-,26+,28-/m1/s1. The molecule has 2 fully saturated rings. The number of carboxylic acids is 1. The SMILES string of the molecule is CCCCCCCCCCCCCCCC(=O)O[C@H](c1ccncc1)[C@@H]1C(=O)N2[C@@H](C(=O)O)C(C)(C)S(=O)(=O)[C@H]12. The van der Waals surface area contributed by atoms with Crippen LogP contribution in [0, 0.1) is 5.92 Å². The highest BCUT2D eigenvalue weighted by atomic mass is 32.2. The van der Waals surface area contributed by atoms with Crippen LogP contribution in [0.15, 0.2) is 24.5 Å². The lowest BCUT2D eigenvalue weighted by molar-refractivity contribution is -0.176. The van der Waals surface area contributed by atoms with Crippen LogP contribution in [0.4, 0.5) is 0 Å². The van der Waals surface area contributed by atoms with Crippen LogP contribution < -0.4 is 0 Å². The van der Waals surface area contributed by atoms with Gasteiger partial charge in [-0.25, -0.2) is 13.2 Å². The van der Waals surface area contributed by atoms with Gasteiger partial charge in [0.1, 0.15) is 18.1 Å². The normalized spacial score (nSPS) is 23.3. The molecule has 2 aliphatic rings. The van der Waals surface area contributed by atoms with Crippen LogP contribution in [0.3, 0.4) is 0 Å². The van der Waals surface area contributed by atoms with E-state index in [1.165, 1.54) is 84.0 Å². The number of unbranched alkanes of at least 4 members (excludes halogenated alkanes) is 12. The predicted octanol–water partition coefficient (Wildman–Crippen LogP) is 5.59. The first-order valence-electron chi connectivity index (χ1n) is 14.9.